The summed E-state index contributed by atoms with van der Waals surface area (Å²) in [5.74, 6) is 2.25. The van der Waals surface area contributed by atoms with Crippen LogP contribution in [0.4, 0.5) is 0 Å². The van der Waals surface area contributed by atoms with Gasteiger partial charge in [-0.15, -0.1) is 0 Å². The van der Waals surface area contributed by atoms with E-state index in [2.05, 4.69) is 4.98 Å². The predicted molar refractivity (Wildman–Crippen MR) is 54.3 cm³/mol. The molecule has 68 valence electrons. The van der Waals surface area contributed by atoms with Gasteiger partial charge >= 0.3 is 0 Å². The number of hydrogen-bond acceptors (Lipinski definition) is 3. The quantitative estimate of drug-likeness (QED) is 0.737. The van der Waals surface area contributed by atoms with E-state index in [9.17, 15) is 0 Å². The van der Waals surface area contributed by atoms with Gasteiger partial charge in [-0.05, 0) is 29.5 Å². The molecule has 0 saturated heterocycles. The van der Waals surface area contributed by atoms with Crippen LogP contribution in [0.3, 0.4) is 0 Å². The molecule has 0 bridgehead atoms. The molecule has 0 atom stereocenters. The number of aromatic nitrogens is 1. The van der Waals surface area contributed by atoms with E-state index in [4.69, 9.17) is 5.73 Å². The maximum absolute atomic E-state index is 6.19. The van der Waals surface area contributed by atoms with E-state index < -0.39 is 0 Å². The minimum atomic E-state index is -0.0107. The number of rotatable bonds is 1. The minimum Gasteiger partial charge on any atom is -0.321 e. The first-order valence-electron chi connectivity index (χ1n) is 4.62. The van der Waals surface area contributed by atoms with E-state index in [0.29, 0.717) is 0 Å². The van der Waals surface area contributed by atoms with E-state index in [1.54, 1.807) is 0 Å². The van der Waals surface area contributed by atoms with Gasteiger partial charge in [0, 0.05) is 29.4 Å². The Morgan fingerprint density at radius 3 is 2.92 bits per heavy atom. The van der Waals surface area contributed by atoms with E-state index in [1.165, 1.54) is 16.7 Å². The highest BCUT2D eigenvalue weighted by Crippen LogP contribution is 2.46. The summed E-state index contributed by atoms with van der Waals surface area (Å²) in [4.78, 5) is 4.27. The summed E-state index contributed by atoms with van der Waals surface area (Å²) in [6, 6.07) is 0. The average Bonchev–Trinajstić information content (AvgIpc) is 2.72. The Morgan fingerprint density at radius 2 is 2.15 bits per heavy atom. The molecule has 0 spiro atoms. The molecule has 1 fully saturated rings. The van der Waals surface area contributed by atoms with Crippen LogP contribution in [0, 0.1) is 0 Å². The first kappa shape index (κ1) is 7.83. The molecule has 3 rings (SSSR count). The standard InChI is InChI=1S/C10H12N2S/c11-10(1-2-10)9-4-12-3-7-5-13-6-8(7)9/h3-4H,1-2,5-6,11H2. The molecule has 0 radical (unpaired) electrons. The van der Waals surface area contributed by atoms with E-state index in [-0.39, 0.29) is 5.54 Å². The first-order valence-corrected chi connectivity index (χ1v) is 5.78. The lowest BCUT2D eigenvalue weighted by molar-refractivity contribution is 0.726. The van der Waals surface area contributed by atoms with Gasteiger partial charge in [-0.1, -0.05) is 0 Å². The molecular weight excluding hydrogens is 180 g/mol. The van der Waals surface area contributed by atoms with Gasteiger partial charge in [0.1, 0.15) is 0 Å². The van der Waals surface area contributed by atoms with Gasteiger partial charge in [0.2, 0.25) is 0 Å². The van der Waals surface area contributed by atoms with Crippen molar-refractivity contribution in [2.24, 2.45) is 5.73 Å². The second-order valence-corrected chi connectivity index (χ2v) is 4.96. The van der Waals surface area contributed by atoms with Crippen LogP contribution in [0.5, 0.6) is 0 Å². The summed E-state index contributed by atoms with van der Waals surface area (Å²) in [5, 5.41) is 0. The van der Waals surface area contributed by atoms with Gasteiger partial charge in [-0.3, -0.25) is 4.98 Å². The second-order valence-electron chi connectivity index (χ2n) is 3.97. The van der Waals surface area contributed by atoms with Gasteiger partial charge in [0.25, 0.3) is 0 Å². The summed E-state index contributed by atoms with van der Waals surface area (Å²) < 4.78 is 0. The van der Waals surface area contributed by atoms with Gasteiger partial charge in [0.15, 0.2) is 0 Å². The SMILES string of the molecule is NC1(c2cncc3c2CSC3)CC1. The van der Waals surface area contributed by atoms with Crippen molar-refractivity contribution < 1.29 is 0 Å². The number of pyridine rings is 1. The summed E-state index contributed by atoms with van der Waals surface area (Å²) in [5.41, 5.74) is 10.4. The Labute approximate surface area is 81.9 Å². The molecule has 0 amide bonds. The first-order chi connectivity index (χ1) is 6.30. The highest BCUT2D eigenvalue weighted by atomic mass is 32.2. The summed E-state index contributed by atoms with van der Waals surface area (Å²) in [7, 11) is 0. The minimum absolute atomic E-state index is 0.0107. The van der Waals surface area contributed by atoms with Gasteiger partial charge in [0.05, 0.1) is 0 Å². The average molecular weight is 192 g/mol. The lowest BCUT2D eigenvalue weighted by Crippen LogP contribution is -2.20. The smallest absolute Gasteiger partial charge is 0.0429 e. The van der Waals surface area contributed by atoms with Crippen LogP contribution in [0.1, 0.15) is 29.5 Å². The van der Waals surface area contributed by atoms with Crippen LogP contribution in [0.15, 0.2) is 12.4 Å². The van der Waals surface area contributed by atoms with Gasteiger partial charge < -0.3 is 5.73 Å². The van der Waals surface area contributed by atoms with Crippen molar-refractivity contribution in [3.05, 3.63) is 29.1 Å². The normalized spacial score (nSPS) is 22.8. The highest BCUT2D eigenvalue weighted by molar-refractivity contribution is 7.98. The lowest BCUT2D eigenvalue weighted by Gasteiger charge is -2.12. The van der Waals surface area contributed by atoms with Crippen molar-refractivity contribution in [3.63, 3.8) is 0 Å². The summed E-state index contributed by atoms with van der Waals surface area (Å²) >= 11 is 1.97. The Morgan fingerprint density at radius 1 is 1.31 bits per heavy atom. The van der Waals surface area contributed by atoms with Crippen LogP contribution < -0.4 is 5.73 Å². The fourth-order valence-electron chi connectivity index (χ4n) is 1.92. The molecule has 0 aromatic carbocycles. The van der Waals surface area contributed by atoms with Crippen molar-refractivity contribution in [2.45, 2.75) is 29.9 Å². The van der Waals surface area contributed by atoms with E-state index >= 15 is 0 Å². The number of nitrogens with two attached hydrogens (primary N) is 1. The Kier molecular flexibility index (Phi) is 1.50. The van der Waals surface area contributed by atoms with Crippen molar-refractivity contribution in [2.75, 3.05) is 0 Å². The molecule has 2 N–H and O–H groups in total. The van der Waals surface area contributed by atoms with Gasteiger partial charge in [-0.25, -0.2) is 0 Å². The number of nitrogens with zero attached hydrogens (tertiary/aromatic N) is 1. The predicted octanol–water partition coefficient (Wildman–Crippen LogP) is 1.78. The topological polar surface area (TPSA) is 38.9 Å². The van der Waals surface area contributed by atoms with Crippen LogP contribution >= 0.6 is 11.8 Å². The van der Waals surface area contributed by atoms with E-state index in [0.717, 1.165) is 24.3 Å². The monoisotopic (exact) mass is 192 g/mol. The number of fused-ring (bicyclic) bond motifs is 1. The number of thioether (sulfide) groups is 1. The third-order valence-electron chi connectivity index (χ3n) is 2.98. The molecule has 1 aromatic heterocycles. The van der Waals surface area contributed by atoms with Crippen LogP contribution in [0.25, 0.3) is 0 Å². The fourth-order valence-corrected chi connectivity index (χ4v) is 3.04. The third kappa shape index (κ3) is 1.11. The second kappa shape index (κ2) is 2.49. The Balaban J connectivity index is 2.15. The molecule has 1 aliphatic heterocycles. The van der Waals surface area contributed by atoms with Crippen molar-refractivity contribution >= 4 is 11.8 Å². The van der Waals surface area contributed by atoms with Crippen LogP contribution in [0.2, 0.25) is 0 Å². The maximum Gasteiger partial charge on any atom is 0.0429 e. The van der Waals surface area contributed by atoms with Crippen LogP contribution in [-0.4, -0.2) is 4.98 Å². The molecular formula is C10H12N2S. The fraction of sp³-hybridized carbons (Fsp3) is 0.500. The maximum atomic E-state index is 6.19. The lowest BCUT2D eigenvalue weighted by atomic mass is 10.00. The molecule has 1 aliphatic carbocycles. The van der Waals surface area contributed by atoms with Crippen LogP contribution in [-0.2, 0) is 17.0 Å². The third-order valence-corrected chi connectivity index (χ3v) is 3.98. The van der Waals surface area contributed by atoms with Crippen molar-refractivity contribution in [1.29, 1.82) is 0 Å². The molecule has 1 saturated carbocycles. The largest absolute Gasteiger partial charge is 0.321 e. The van der Waals surface area contributed by atoms with Crippen molar-refractivity contribution in [3.8, 4) is 0 Å². The molecule has 0 unspecified atom stereocenters. The summed E-state index contributed by atoms with van der Waals surface area (Å²) in [6.45, 7) is 0. The van der Waals surface area contributed by atoms with E-state index in [1.807, 2.05) is 24.2 Å². The summed E-state index contributed by atoms with van der Waals surface area (Å²) in [6.07, 6.45) is 6.23. The molecule has 2 aliphatic rings. The highest BCUT2D eigenvalue weighted by Gasteiger charge is 2.42. The zero-order valence-electron chi connectivity index (χ0n) is 7.42. The number of hydrogen-bond donors (Lipinski definition) is 1. The Bertz CT molecular complexity index is 358. The zero-order valence-corrected chi connectivity index (χ0v) is 8.23. The Hall–Kier alpha value is -0.540. The van der Waals surface area contributed by atoms with Gasteiger partial charge in [-0.2, -0.15) is 11.8 Å². The molecule has 2 nitrogen and oxygen atoms in total. The molecule has 1 aromatic rings. The molecule has 3 heteroatoms. The molecule has 13 heavy (non-hydrogen) atoms. The zero-order chi connectivity index (χ0) is 8.89. The van der Waals surface area contributed by atoms with Crippen molar-refractivity contribution in [1.82, 2.24) is 4.98 Å². The molecule has 2 heterocycles.